The summed E-state index contributed by atoms with van der Waals surface area (Å²) in [6.07, 6.45) is 4.17. The quantitative estimate of drug-likeness (QED) is 0.607. The second-order valence-electron chi connectivity index (χ2n) is 4.11. The van der Waals surface area contributed by atoms with Crippen molar-refractivity contribution < 1.29 is 0 Å². The number of hydrogen-bond acceptors (Lipinski definition) is 2. The summed E-state index contributed by atoms with van der Waals surface area (Å²) < 4.78 is 0. The molecule has 1 aliphatic rings. The summed E-state index contributed by atoms with van der Waals surface area (Å²) in [6, 6.07) is 0.832. The molecule has 1 fully saturated rings. The number of nitrogens with zero attached hydrogens (tertiary/aromatic N) is 2. The fourth-order valence-electron chi connectivity index (χ4n) is 1.67. The first-order chi connectivity index (χ1) is 6.24. The fraction of sp³-hybridized carbons (Fsp3) is 1.00. The zero-order valence-corrected chi connectivity index (χ0v) is 9.56. The van der Waals surface area contributed by atoms with Crippen molar-refractivity contribution >= 4 is 11.6 Å². The van der Waals surface area contributed by atoms with Gasteiger partial charge in [-0.05, 0) is 26.9 Å². The molecule has 0 amide bonds. The Hall–Kier alpha value is 0.210. The Balaban J connectivity index is 2.20. The first kappa shape index (κ1) is 11.3. The van der Waals surface area contributed by atoms with Gasteiger partial charge < -0.3 is 4.90 Å². The smallest absolute Gasteiger partial charge is 0.0351 e. The molecular formula is C10H21ClN2. The van der Waals surface area contributed by atoms with E-state index in [1.807, 2.05) is 0 Å². The van der Waals surface area contributed by atoms with Crippen LogP contribution in [0, 0.1) is 0 Å². The lowest BCUT2D eigenvalue weighted by Gasteiger charge is -2.37. The summed E-state index contributed by atoms with van der Waals surface area (Å²) in [6.45, 7) is 3.37. The predicted molar refractivity (Wildman–Crippen MR) is 58.5 cm³/mol. The average molecular weight is 205 g/mol. The molecule has 0 spiro atoms. The summed E-state index contributed by atoms with van der Waals surface area (Å²) in [5.74, 6) is 0.768. The van der Waals surface area contributed by atoms with E-state index in [-0.39, 0.29) is 0 Å². The van der Waals surface area contributed by atoms with Crippen LogP contribution in [0.5, 0.6) is 0 Å². The first-order valence-corrected chi connectivity index (χ1v) is 5.72. The SMILES string of the molecule is CN(C)CCN(CCCl)C1CCC1. The Labute approximate surface area is 86.8 Å². The maximum Gasteiger partial charge on any atom is 0.0351 e. The van der Waals surface area contributed by atoms with Crippen LogP contribution in [-0.2, 0) is 0 Å². The molecule has 0 heterocycles. The lowest BCUT2D eigenvalue weighted by molar-refractivity contribution is 0.125. The van der Waals surface area contributed by atoms with Crippen LogP contribution in [0.3, 0.4) is 0 Å². The zero-order valence-electron chi connectivity index (χ0n) is 8.80. The molecule has 13 heavy (non-hydrogen) atoms. The summed E-state index contributed by atoms with van der Waals surface area (Å²) >= 11 is 5.78. The normalized spacial score (nSPS) is 18.2. The summed E-state index contributed by atoms with van der Waals surface area (Å²) in [7, 11) is 4.25. The van der Waals surface area contributed by atoms with E-state index in [0.717, 1.165) is 25.0 Å². The molecule has 0 unspecified atom stereocenters. The molecule has 0 radical (unpaired) electrons. The largest absolute Gasteiger partial charge is 0.308 e. The van der Waals surface area contributed by atoms with Gasteiger partial charge in [0.15, 0.2) is 0 Å². The minimum absolute atomic E-state index is 0.768. The van der Waals surface area contributed by atoms with Gasteiger partial charge in [-0.15, -0.1) is 11.6 Å². The van der Waals surface area contributed by atoms with E-state index in [4.69, 9.17) is 11.6 Å². The van der Waals surface area contributed by atoms with E-state index < -0.39 is 0 Å². The van der Waals surface area contributed by atoms with E-state index in [9.17, 15) is 0 Å². The first-order valence-electron chi connectivity index (χ1n) is 5.19. The molecule has 0 atom stereocenters. The number of hydrogen-bond donors (Lipinski definition) is 0. The molecule has 1 rings (SSSR count). The van der Waals surface area contributed by atoms with Crippen LogP contribution in [0.4, 0.5) is 0 Å². The summed E-state index contributed by atoms with van der Waals surface area (Å²) in [4.78, 5) is 4.77. The second kappa shape index (κ2) is 5.84. The molecule has 0 saturated heterocycles. The van der Waals surface area contributed by atoms with Crippen LogP contribution in [0.25, 0.3) is 0 Å². The molecule has 0 aromatic rings. The minimum atomic E-state index is 0.768. The molecular weight excluding hydrogens is 184 g/mol. The molecule has 3 heteroatoms. The monoisotopic (exact) mass is 204 g/mol. The molecule has 1 aliphatic carbocycles. The van der Waals surface area contributed by atoms with Crippen LogP contribution >= 0.6 is 11.6 Å². The van der Waals surface area contributed by atoms with Crippen LogP contribution in [0.15, 0.2) is 0 Å². The van der Waals surface area contributed by atoms with Gasteiger partial charge in [0.1, 0.15) is 0 Å². The van der Waals surface area contributed by atoms with E-state index in [1.54, 1.807) is 0 Å². The molecule has 78 valence electrons. The third-order valence-corrected chi connectivity index (χ3v) is 2.97. The van der Waals surface area contributed by atoms with Gasteiger partial charge in [0.25, 0.3) is 0 Å². The van der Waals surface area contributed by atoms with E-state index >= 15 is 0 Å². The predicted octanol–water partition coefficient (Wildman–Crippen LogP) is 1.64. The Morgan fingerprint density at radius 1 is 1.15 bits per heavy atom. The van der Waals surface area contributed by atoms with Crippen molar-refractivity contribution in [1.29, 1.82) is 0 Å². The zero-order chi connectivity index (χ0) is 9.68. The highest BCUT2D eigenvalue weighted by atomic mass is 35.5. The third kappa shape index (κ3) is 3.84. The second-order valence-corrected chi connectivity index (χ2v) is 4.49. The highest BCUT2D eigenvalue weighted by Gasteiger charge is 2.23. The van der Waals surface area contributed by atoms with Gasteiger partial charge in [0.05, 0.1) is 0 Å². The number of rotatable bonds is 6. The lowest BCUT2D eigenvalue weighted by Crippen LogP contribution is -2.44. The molecule has 0 aromatic heterocycles. The van der Waals surface area contributed by atoms with Crippen LogP contribution in [-0.4, -0.2) is 55.5 Å². The fourth-order valence-corrected chi connectivity index (χ4v) is 1.88. The molecule has 2 nitrogen and oxygen atoms in total. The standard InChI is InChI=1S/C10H21ClN2/c1-12(2)8-9-13(7-6-11)10-4-3-5-10/h10H,3-9H2,1-2H3. The van der Waals surface area contributed by atoms with Gasteiger partial charge in [-0.3, -0.25) is 4.90 Å². The summed E-state index contributed by atoms with van der Waals surface area (Å²) in [5, 5.41) is 0. The lowest BCUT2D eigenvalue weighted by atomic mass is 9.91. The van der Waals surface area contributed by atoms with Gasteiger partial charge in [0, 0.05) is 31.6 Å². The van der Waals surface area contributed by atoms with Gasteiger partial charge >= 0.3 is 0 Å². The van der Waals surface area contributed by atoms with Crippen LogP contribution in [0.1, 0.15) is 19.3 Å². The number of alkyl halides is 1. The number of likely N-dealkylation sites (N-methyl/N-ethyl adjacent to an activating group) is 1. The molecule has 0 aromatic carbocycles. The van der Waals surface area contributed by atoms with Crippen molar-refractivity contribution in [2.45, 2.75) is 25.3 Å². The highest BCUT2D eigenvalue weighted by Crippen LogP contribution is 2.24. The Morgan fingerprint density at radius 2 is 1.85 bits per heavy atom. The van der Waals surface area contributed by atoms with Crippen LogP contribution in [0.2, 0.25) is 0 Å². The van der Waals surface area contributed by atoms with Crippen molar-refractivity contribution in [3.63, 3.8) is 0 Å². The van der Waals surface area contributed by atoms with Crippen molar-refractivity contribution in [1.82, 2.24) is 9.80 Å². The van der Waals surface area contributed by atoms with Crippen molar-refractivity contribution in [2.75, 3.05) is 39.6 Å². The molecule has 0 bridgehead atoms. The molecule has 0 aliphatic heterocycles. The molecule has 0 N–H and O–H groups in total. The van der Waals surface area contributed by atoms with Crippen LogP contribution < -0.4 is 0 Å². The van der Waals surface area contributed by atoms with Gasteiger partial charge in [-0.25, -0.2) is 0 Å². The van der Waals surface area contributed by atoms with Crippen molar-refractivity contribution in [2.24, 2.45) is 0 Å². The van der Waals surface area contributed by atoms with Gasteiger partial charge in [0.2, 0.25) is 0 Å². The Kier molecular flexibility index (Phi) is 5.07. The maximum absolute atomic E-state index is 5.78. The minimum Gasteiger partial charge on any atom is -0.308 e. The number of halogens is 1. The topological polar surface area (TPSA) is 6.48 Å². The van der Waals surface area contributed by atoms with Gasteiger partial charge in [-0.1, -0.05) is 6.42 Å². The average Bonchev–Trinajstić information content (AvgIpc) is 1.97. The van der Waals surface area contributed by atoms with Gasteiger partial charge in [-0.2, -0.15) is 0 Å². The van der Waals surface area contributed by atoms with E-state index in [2.05, 4.69) is 23.9 Å². The van der Waals surface area contributed by atoms with E-state index in [1.165, 1.54) is 25.8 Å². The summed E-state index contributed by atoms with van der Waals surface area (Å²) in [5.41, 5.74) is 0. The van der Waals surface area contributed by atoms with E-state index in [0.29, 0.717) is 0 Å². The van der Waals surface area contributed by atoms with Crippen molar-refractivity contribution in [3.8, 4) is 0 Å². The highest BCUT2D eigenvalue weighted by molar-refractivity contribution is 6.18. The Morgan fingerprint density at radius 3 is 2.23 bits per heavy atom. The van der Waals surface area contributed by atoms with Crippen molar-refractivity contribution in [3.05, 3.63) is 0 Å². The molecule has 1 saturated carbocycles. The maximum atomic E-state index is 5.78. The third-order valence-electron chi connectivity index (χ3n) is 2.80. The Bertz CT molecular complexity index is 135.